The summed E-state index contributed by atoms with van der Waals surface area (Å²) in [6.45, 7) is 7.51. The molecule has 3 aromatic heterocycles. The number of fused-ring (bicyclic) bond motifs is 3. The molecule has 15 nitrogen and oxygen atoms in total. The zero-order valence-corrected chi connectivity index (χ0v) is 36.2. The van der Waals surface area contributed by atoms with Gasteiger partial charge in [-0.2, -0.15) is 9.97 Å². The standard InChI is InChI=1S/C48H49F2N9O6/c1-4-31-34(49)10-9-28-21-30(60)22-32(38(28)31)40-39(50)41-33(23-51-40)43(58-16-6-13-47(2,64)25-58)54-45(53-41)65-27-48(14-15-48)26-57-19-17-56(18-20-57)24-29-7-5-8-35-42(29)55(3)46(63)59(35)36-11-12-37(61)52-44(36)62/h1,5,7-10,21-23,36,60,64H,6,11-20,24-27H2,2-3H3,(H,52,61,62)/t36?,47-/m1/s1. The Balaban J connectivity index is 0.874. The van der Waals surface area contributed by atoms with E-state index in [1.165, 1.54) is 35.0 Å². The largest absolute Gasteiger partial charge is 0.508 e. The normalized spacial score (nSPS) is 21.5. The van der Waals surface area contributed by atoms with Crippen molar-refractivity contribution in [2.75, 3.05) is 57.3 Å². The Morgan fingerprint density at radius 2 is 1.80 bits per heavy atom. The summed E-state index contributed by atoms with van der Waals surface area (Å²) in [6, 6.07) is 10.4. The molecule has 1 unspecified atom stereocenters. The lowest BCUT2D eigenvalue weighted by Crippen LogP contribution is -2.48. The third-order valence-electron chi connectivity index (χ3n) is 13.7. The molecule has 0 radical (unpaired) electrons. The van der Waals surface area contributed by atoms with Crippen LogP contribution in [0.2, 0.25) is 0 Å². The minimum absolute atomic E-state index is 0.0176. The molecule has 3 aliphatic heterocycles. The number of imide groups is 1. The lowest BCUT2D eigenvalue weighted by molar-refractivity contribution is -0.135. The van der Waals surface area contributed by atoms with Gasteiger partial charge in [0.05, 0.1) is 34.2 Å². The van der Waals surface area contributed by atoms with Gasteiger partial charge >= 0.3 is 11.7 Å². The summed E-state index contributed by atoms with van der Waals surface area (Å²) in [4.78, 5) is 58.7. The second-order valence-electron chi connectivity index (χ2n) is 18.5. The van der Waals surface area contributed by atoms with Crippen molar-refractivity contribution in [3.05, 3.63) is 81.9 Å². The molecular formula is C48H49F2N9O6. The van der Waals surface area contributed by atoms with Gasteiger partial charge in [0.1, 0.15) is 34.6 Å². The molecule has 3 N–H and O–H groups in total. The number of anilines is 1. The van der Waals surface area contributed by atoms with E-state index in [0.29, 0.717) is 54.6 Å². The van der Waals surface area contributed by atoms with Gasteiger partial charge in [-0.05, 0) is 74.2 Å². The minimum Gasteiger partial charge on any atom is -0.508 e. The fourth-order valence-electron chi connectivity index (χ4n) is 10.1. The number of para-hydroxylation sites is 1. The van der Waals surface area contributed by atoms with Crippen LogP contribution in [0.25, 0.3) is 44.0 Å². The zero-order valence-electron chi connectivity index (χ0n) is 36.2. The fourth-order valence-corrected chi connectivity index (χ4v) is 10.1. The van der Waals surface area contributed by atoms with E-state index in [9.17, 15) is 24.6 Å². The number of carbonyl (C=O) groups excluding carboxylic acids is 2. The summed E-state index contributed by atoms with van der Waals surface area (Å²) in [5.74, 6) is 0.312. The quantitative estimate of drug-likeness (QED) is 0.128. The molecule has 4 fully saturated rings. The van der Waals surface area contributed by atoms with Crippen molar-refractivity contribution >= 4 is 50.3 Å². The number of ether oxygens (including phenoxy) is 1. The maximum atomic E-state index is 17.1. The summed E-state index contributed by atoms with van der Waals surface area (Å²) in [5.41, 5.74) is 0.762. The Hall–Kier alpha value is -6.48. The molecule has 6 aromatic rings. The molecule has 17 heteroatoms. The van der Waals surface area contributed by atoms with E-state index in [-0.39, 0.29) is 75.9 Å². The number of nitrogens with zero attached hydrogens (tertiary/aromatic N) is 8. The van der Waals surface area contributed by atoms with E-state index in [1.807, 2.05) is 23.1 Å². The highest BCUT2D eigenvalue weighted by Crippen LogP contribution is 2.47. The van der Waals surface area contributed by atoms with Gasteiger partial charge in [0.25, 0.3) is 0 Å². The number of amides is 2. The molecular weight excluding hydrogens is 837 g/mol. The van der Waals surface area contributed by atoms with Crippen molar-refractivity contribution in [1.82, 2.24) is 39.2 Å². The number of terminal acetylenes is 1. The lowest BCUT2D eigenvalue weighted by atomic mass is 9.94. The highest BCUT2D eigenvalue weighted by Gasteiger charge is 2.45. The molecule has 65 heavy (non-hydrogen) atoms. The number of aromatic nitrogens is 5. The zero-order chi connectivity index (χ0) is 45.4. The predicted octanol–water partition coefficient (Wildman–Crippen LogP) is 4.77. The molecule has 4 aliphatic rings. The first kappa shape index (κ1) is 42.5. The smallest absolute Gasteiger partial charge is 0.329 e. The average Bonchev–Trinajstić information content (AvgIpc) is 4.00. The molecule has 3 saturated heterocycles. The topological polar surface area (TPSA) is 171 Å². The molecule has 2 amide bonds. The first-order chi connectivity index (χ1) is 31.2. The maximum absolute atomic E-state index is 17.1. The first-order valence-corrected chi connectivity index (χ1v) is 22.1. The SMILES string of the molecule is C#Cc1c(F)ccc2cc(O)cc(-c3ncc4c(N5CCC[C@@](C)(O)C5)nc(OCC5(CN6CCN(Cc7cccc8c7n(C)c(=O)n8C7CCC(=O)NC7=O)CC6)CC5)nc4c3F)c12. The molecule has 10 rings (SSSR count). The molecule has 3 aromatic carbocycles. The second-order valence-corrected chi connectivity index (χ2v) is 18.5. The Kier molecular flexibility index (Phi) is 10.6. The molecule has 2 atom stereocenters. The van der Waals surface area contributed by atoms with Crippen LogP contribution in [0, 0.1) is 29.4 Å². The monoisotopic (exact) mass is 885 g/mol. The number of hydrogen-bond acceptors (Lipinski definition) is 12. The Bertz CT molecular complexity index is 3040. The van der Waals surface area contributed by atoms with Crippen molar-refractivity contribution in [3.8, 4) is 35.4 Å². The Labute approximate surface area is 372 Å². The van der Waals surface area contributed by atoms with Gasteiger partial charge in [0.15, 0.2) is 5.82 Å². The number of benzene rings is 3. The third kappa shape index (κ3) is 7.83. The van der Waals surface area contributed by atoms with Gasteiger partial charge in [-0.15, -0.1) is 6.42 Å². The first-order valence-electron chi connectivity index (χ1n) is 22.1. The van der Waals surface area contributed by atoms with Gasteiger partial charge in [-0.1, -0.05) is 24.1 Å². The third-order valence-corrected chi connectivity index (χ3v) is 13.7. The van der Waals surface area contributed by atoms with Crippen LogP contribution >= 0.6 is 0 Å². The summed E-state index contributed by atoms with van der Waals surface area (Å²) >= 11 is 0. The predicted molar refractivity (Wildman–Crippen MR) is 239 cm³/mol. The number of piperidine rings is 2. The number of carbonyl (C=O) groups is 2. The molecule has 1 saturated carbocycles. The van der Waals surface area contributed by atoms with Gasteiger partial charge in [-0.3, -0.25) is 33.9 Å². The molecule has 1 aliphatic carbocycles. The fraction of sp³-hybridized carbons (Fsp3) is 0.417. The summed E-state index contributed by atoms with van der Waals surface area (Å²) in [7, 11) is 1.72. The molecule has 0 spiro atoms. The second kappa shape index (κ2) is 16.2. The van der Waals surface area contributed by atoms with Crippen LogP contribution < -0.4 is 20.6 Å². The number of nitrogens with one attached hydrogen (secondary N) is 1. The minimum atomic E-state index is -1.00. The van der Waals surface area contributed by atoms with Crippen molar-refractivity contribution in [2.45, 2.75) is 63.6 Å². The van der Waals surface area contributed by atoms with E-state index >= 15 is 8.78 Å². The van der Waals surface area contributed by atoms with E-state index in [2.05, 4.69) is 31.0 Å². The van der Waals surface area contributed by atoms with Crippen LogP contribution in [-0.4, -0.2) is 114 Å². The number of phenols is 1. The molecule has 0 bridgehead atoms. The lowest BCUT2D eigenvalue weighted by Gasteiger charge is -2.38. The van der Waals surface area contributed by atoms with Gasteiger partial charge < -0.3 is 24.7 Å². The van der Waals surface area contributed by atoms with Crippen molar-refractivity contribution in [1.29, 1.82) is 0 Å². The number of aromatic hydroxyl groups is 1. The van der Waals surface area contributed by atoms with Crippen molar-refractivity contribution in [2.24, 2.45) is 12.5 Å². The highest BCUT2D eigenvalue weighted by molar-refractivity contribution is 6.03. The van der Waals surface area contributed by atoms with Crippen molar-refractivity contribution in [3.63, 3.8) is 0 Å². The van der Waals surface area contributed by atoms with Gasteiger partial charge in [-0.25, -0.2) is 13.6 Å². The number of imidazole rings is 1. The Morgan fingerprint density at radius 1 is 1.02 bits per heavy atom. The van der Waals surface area contributed by atoms with Crippen LogP contribution in [0.4, 0.5) is 14.6 Å². The number of piperazine rings is 1. The number of hydrogen-bond donors (Lipinski definition) is 3. The van der Waals surface area contributed by atoms with E-state index in [0.717, 1.165) is 56.6 Å². The number of halogens is 2. The number of pyridine rings is 1. The van der Waals surface area contributed by atoms with E-state index < -0.39 is 29.2 Å². The number of rotatable bonds is 10. The van der Waals surface area contributed by atoms with Gasteiger partial charge in [0, 0.05) is 88.4 Å². The van der Waals surface area contributed by atoms with Crippen LogP contribution in [0.1, 0.15) is 62.6 Å². The van der Waals surface area contributed by atoms with Crippen LogP contribution in [-0.2, 0) is 23.2 Å². The summed E-state index contributed by atoms with van der Waals surface area (Å²) in [6.07, 6.45) is 10.8. The van der Waals surface area contributed by atoms with E-state index in [1.54, 1.807) is 18.5 Å². The van der Waals surface area contributed by atoms with Crippen LogP contribution in [0.5, 0.6) is 11.8 Å². The van der Waals surface area contributed by atoms with E-state index in [4.69, 9.17) is 16.1 Å². The number of β-amino-alcohol motifs (C(OH)–C–C–N with tert-alkyl or cyclic N) is 1. The number of aryl methyl sites for hydroxylation is 1. The summed E-state index contributed by atoms with van der Waals surface area (Å²) in [5, 5.41) is 25.1. The van der Waals surface area contributed by atoms with Crippen LogP contribution in [0.15, 0.2) is 53.5 Å². The maximum Gasteiger partial charge on any atom is 0.329 e. The number of phenolic OH excluding ortho intramolecular Hbond substituents is 1. The average molecular weight is 886 g/mol. The molecule has 336 valence electrons. The Morgan fingerprint density at radius 3 is 2.54 bits per heavy atom. The summed E-state index contributed by atoms with van der Waals surface area (Å²) < 4.78 is 41.6. The van der Waals surface area contributed by atoms with Crippen LogP contribution in [0.3, 0.4) is 0 Å². The van der Waals surface area contributed by atoms with Gasteiger partial charge in [0.2, 0.25) is 11.8 Å². The molecule has 6 heterocycles. The van der Waals surface area contributed by atoms with Crippen molar-refractivity contribution < 1.29 is 33.3 Å². The number of aliphatic hydroxyl groups is 1. The highest BCUT2D eigenvalue weighted by atomic mass is 19.1.